The standard InChI is InChI=1S/C21H24N4O4/c1-13-8-9-19(18(10-13)25(27)28)29-12-20(26)23-21-17(11-22)14(2)15(3)24(21)16-6-4-5-7-16/h8-10,16H,4-7,12H2,1-3H3,(H,23,26). The SMILES string of the molecule is Cc1ccc(OCC(=O)Nc2c(C#N)c(C)c(C)n2C2CCCC2)c([N+](=O)[O-])c1. The first-order chi connectivity index (χ1) is 13.8. The van der Waals surface area contributed by atoms with Gasteiger partial charge in [-0.05, 0) is 50.8 Å². The van der Waals surface area contributed by atoms with E-state index in [1.54, 1.807) is 13.0 Å². The Bertz CT molecular complexity index is 997. The fourth-order valence-electron chi connectivity index (χ4n) is 3.91. The van der Waals surface area contributed by atoms with Crippen molar-refractivity contribution in [3.63, 3.8) is 0 Å². The van der Waals surface area contributed by atoms with Gasteiger partial charge in [-0.1, -0.05) is 18.9 Å². The van der Waals surface area contributed by atoms with Crippen LogP contribution in [0.5, 0.6) is 5.75 Å². The Morgan fingerprint density at radius 3 is 2.66 bits per heavy atom. The number of anilines is 1. The molecule has 1 N–H and O–H groups in total. The molecule has 0 saturated heterocycles. The van der Waals surface area contributed by atoms with Gasteiger partial charge in [-0.25, -0.2) is 0 Å². The van der Waals surface area contributed by atoms with Gasteiger partial charge in [-0.15, -0.1) is 0 Å². The van der Waals surface area contributed by atoms with Crippen LogP contribution in [0.3, 0.4) is 0 Å². The highest BCUT2D eigenvalue weighted by atomic mass is 16.6. The zero-order valence-electron chi connectivity index (χ0n) is 16.8. The summed E-state index contributed by atoms with van der Waals surface area (Å²) in [6, 6.07) is 7.02. The molecule has 1 aromatic carbocycles. The highest BCUT2D eigenvalue weighted by Gasteiger charge is 2.27. The van der Waals surface area contributed by atoms with Crippen LogP contribution in [-0.2, 0) is 4.79 Å². The van der Waals surface area contributed by atoms with E-state index in [9.17, 15) is 20.2 Å². The molecule has 1 aliphatic carbocycles. The predicted octanol–water partition coefficient (Wildman–Crippen LogP) is 4.33. The smallest absolute Gasteiger partial charge is 0.311 e. The third-order valence-corrected chi connectivity index (χ3v) is 5.49. The topological polar surface area (TPSA) is 110 Å². The zero-order valence-corrected chi connectivity index (χ0v) is 16.8. The number of ether oxygens (including phenoxy) is 1. The summed E-state index contributed by atoms with van der Waals surface area (Å²) < 4.78 is 7.47. The number of rotatable bonds is 6. The fraction of sp³-hybridized carbons (Fsp3) is 0.429. The van der Waals surface area contributed by atoms with Gasteiger partial charge in [-0.3, -0.25) is 14.9 Å². The second-order valence-electron chi connectivity index (χ2n) is 7.42. The number of nitrogens with one attached hydrogen (secondary N) is 1. The highest BCUT2D eigenvalue weighted by Crippen LogP contribution is 2.37. The van der Waals surface area contributed by atoms with Crippen molar-refractivity contribution in [1.29, 1.82) is 5.26 Å². The summed E-state index contributed by atoms with van der Waals surface area (Å²) in [5, 5.41) is 23.6. The molecule has 1 heterocycles. The number of nitriles is 1. The first-order valence-electron chi connectivity index (χ1n) is 9.62. The molecule has 29 heavy (non-hydrogen) atoms. The Balaban J connectivity index is 1.80. The normalized spacial score (nSPS) is 13.9. The van der Waals surface area contributed by atoms with Gasteiger partial charge in [0.15, 0.2) is 12.4 Å². The molecule has 0 aliphatic heterocycles. The molecule has 0 atom stereocenters. The minimum Gasteiger partial charge on any atom is -0.477 e. The highest BCUT2D eigenvalue weighted by molar-refractivity contribution is 5.93. The molecule has 1 saturated carbocycles. The van der Waals surface area contributed by atoms with Gasteiger partial charge in [0.1, 0.15) is 11.9 Å². The molecule has 0 radical (unpaired) electrons. The van der Waals surface area contributed by atoms with Crippen LogP contribution in [0.25, 0.3) is 0 Å². The van der Waals surface area contributed by atoms with Crippen LogP contribution in [0.15, 0.2) is 18.2 Å². The first-order valence-corrected chi connectivity index (χ1v) is 9.62. The molecule has 3 rings (SSSR count). The number of amides is 1. The maximum atomic E-state index is 12.6. The Labute approximate surface area is 169 Å². The van der Waals surface area contributed by atoms with Crippen molar-refractivity contribution in [2.45, 2.75) is 52.5 Å². The molecule has 1 fully saturated rings. The predicted molar refractivity (Wildman–Crippen MR) is 108 cm³/mol. The third-order valence-electron chi connectivity index (χ3n) is 5.49. The second kappa shape index (κ2) is 8.35. The molecule has 8 heteroatoms. The van der Waals surface area contributed by atoms with E-state index in [1.807, 2.05) is 18.4 Å². The van der Waals surface area contributed by atoms with Crippen molar-refractivity contribution < 1.29 is 14.5 Å². The number of nitro groups is 1. The lowest BCUT2D eigenvalue weighted by Gasteiger charge is -2.19. The van der Waals surface area contributed by atoms with Gasteiger partial charge in [0.25, 0.3) is 5.91 Å². The summed E-state index contributed by atoms with van der Waals surface area (Å²) in [6.07, 6.45) is 4.26. The molecule has 0 unspecified atom stereocenters. The van der Waals surface area contributed by atoms with Crippen LogP contribution in [-0.4, -0.2) is 22.0 Å². The van der Waals surface area contributed by atoms with E-state index in [0.29, 0.717) is 11.4 Å². The summed E-state index contributed by atoms with van der Waals surface area (Å²) in [5.74, 6) is 0.0596. The largest absolute Gasteiger partial charge is 0.477 e. The Morgan fingerprint density at radius 1 is 1.34 bits per heavy atom. The van der Waals surface area contributed by atoms with Crippen molar-refractivity contribution in [3.8, 4) is 11.8 Å². The number of nitrogens with zero attached hydrogens (tertiary/aromatic N) is 3. The average molecular weight is 396 g/mol. The maximum absolute atomic E-state index is 12.6. The summed E-state index contributed by atoms with van der Waals surface area (Å²) in [7, 11) is 0. The maximum Gasteiger partial charge on any atom is 0.311 e. The molecule has 152 valence electrons. The van der Waals surface area contributed by atoms with E-state index in [4.69, 9.17) is 4.74 Å². The Kier molecular flexibility index (Phi) is 5.87. The van der Waals surface area contributed by atoms with Crippen molar-refractivity contribution >= 4 is 17.4 Å². The lowest BCUT2D eigenvalue weighted by atomic mass is 10.2. The van der Waals surface area contributed by atoms with Crippen molar-refractivity contribution in [3.05, 3.63) is 50.7 Å². The van der Waals surface area contributed by atoms with Crippen LogP contribution < -0.4 is 10.1 Å². The van der Waals surface area contributed by atoms with Crippen LogP contribution in [0, 0.1) is 42.2 Å². The van der Waals surface area contributed by atoms with E-state index in [1.165, 1.54) is 12.1 Å². The lowest BCUT2D eigenvalue weighted by molar-refractivity contribution is -0.385. The zero-order chi connectivity index (χ0) is 21.1. The molecule has 2 aromatic rings. The number of benzene rings is 1. The number of nitro benzene ring substituents is 1. The Hall–Kier alpha value is -3.34. The fourth-order valence-corrected chi connectivity index (χ4v) is 3.91. The van der Waals surface area contributed by atoms with E-state index in [0.717, 1.165) is 42.5 Å². The molecular formula is C21H24N4O4. The first kappa shape index (κ1) is 20.4. The van der Waals surface area contributed by atoms with E-state index >= 15 is 0 Å². The molecular weight excluding hydrogens is 372 g/mol. The lowest BCUT2D eigenvalue weighted by Crippen LogP contribution is -2.23. The van der Waals surface area contributed by atoms with Crippen LogP contribution in [0.4, 0.5) is 11.5 Å². The van der Waals surface area contributed by atoms with Crippen LogP contribution in [0.1, 0.15) is 54.1 Å². The van der Waals surface area contributed by atoms with Crippen molar-refractivity contribution in [1.82, 2.24) is 4.57 Å². The van der Waals surface area contributed by atoms with Gasteiger partial charge in [0.2, 0.25) is 0 Å². The summed E-state index contributed by atoms with van der Waals surface area (Å²) in [5.41, 5.74) is 2.82. The number of carbonyl (C=O) groups is 1. The van der Waals surface area contributed by atoms with Gasteiger partial charge in [0.05, 0.1) is 10.5 Å². The van der Waals surface area contributed by atoms with Gasteiger partial charge in [0, 0.05) is 17.8 Å². The molecule has 8 nitrogen and oxygen atoms in total. The number of aryl methyl sites for hydroxylation is 1. The number of hydrogen-bond acceptors (Lipinski definition) is 5. The van der Waals surface area contributed by atoms with Gasteiger partial charge < -0.3 is 14.6 Å². The third kappa shape index (κ3) is 4.09. The summed E-state index contributed by atoms with van der Waals surface area (Å²) in [4.78, 5) is 23.2. The summed E-state index contributed by atoms with van der Waals surface area (Å²) >= 11 is 0. The van der Waals surface area contributed by atoms with E-state index in [2.05, 4.69) is 11.4 Å². The quantitative estimate of drug-likeness (QED) is 0.577. The number of carbonyl (C=O) groups excluding carboxylic acids is 1. The second-order valence-corrected chi connectivity index (χ2v) is 7.42. The van der Waals surface area contributed by atoms with Gasteiger partial charge in [-0.2, -0.15) is 5.26 Å². The van der Waals surface area contributed by atoms with Crippen LogP contribution >= 0.6 is 0 Å². The van der Waals surface area contributed by atoms with Crippen molar-refractivity contribution in [2.24, 2.45) is 0 Å². The van der Waals surface area contributed by atoms with E-state index in [-0.39, 0.29) is 24.1 Å². The number of hydrogen-bond donors (Lipinski definition) is 1. The molecule has 1 aromatic heterocycles. The van der Waals surface area contributed by atoms with Gasteiger partial charge >= 0.3 is 5.69 Å². The van der Waals surface area contributed by atoms with Crippen molar-refractivity contribution in [2.75, 3.05) is 11.9 Å². The number of aromatic nitrogens is 1. The van der Waals surface area contributed by atoms with E-state index < -0.39 is 10.8 Å². The molecule has 1 aliphatic rings. The minimum absolute atomic E-state index is 0.0368. The average Bonchev–Trinajstić information content (AvgIpc) is 3.28. The monoisotopic (exact) mass is 396 g/mol. The molecule has 1 amide bonds. The minimum atomic E-state index is -0.536. The molecule has 0 bridgehead atoms. The molecule has 0 spiro atoms. The Morgan fingerprint density at radius 2 is 2.03 bits per heavy atom. The summed E-state index contributed by atoms with van der Waals surface area (Å²) in [6.45, 7) is 5.19. The van der Waals surface area contributed by atoms with Crippen LogP contribution in [0.2, 0.25) is 0 Å².